The van der Waals surface area contributed by atoms with Gasteiger partial charge >= 0.3 is 17.9 Å². The molecule has 0 aromatic rings. The van der Waals surface area contributed by atoms with E-state index in [9.17, 15) is 14.4 Å². The van der Waals surface area contributed by atoms with E-state index in [4.69, 9.17) is 14.2 Å². The normalized spacial score (nSPS) is 12.4. The quantitative estimate of drug-likeness (QED) is 0.0261. The number of allylic oxidation sites excluding steroid dienone is 10. The molecule has 0 amide bonds. The lowest BCUT2D eigenvalue weighted by atomic mass is 10.0. The van der Waals surface area contributed by atoms with Crippen LogP contribution in [0.3, 0.4) is 0 Å². The van der Waals surface area contributed by atoms with Crippen molar-refractivity contribution in [3.8, 4) is 0 Å². The number of ether oxygens (including phenoxy) is 3. The fraction of sp³-hybridized carbons (Fsp3) is 0.809. The first kappa shape index (κ1) is 71.1. The first-order valence-electron chi connectivity index (χ1n) is 32.3. The molecule has 0 fully saturated rings. The second-order valence-electron chi connectivity index (χ2n) is 21.6. The molecule has 1 atom stereocenters. The number of carbonyl (C=O) groups excluding carboxylic acids is 3. The lowest BCUT2D eigenvalue weighted by molar-refractivity contribution is -0.167. The number of unbranched alkanes of at least 4 members (excludes halogenated alkanes) is 38. The Balaban J connectivity index is 4.28. The van der Waals surface area contributed by atoms with E-state index in [0.717, 1.165) is 122 Å². The third kappa shape index (κ3) is 60.0. The van der Waals surface area contributed by atoms with Crippen LogP contribution < -0.4 is 0 Å². The van der Waals surface area contributed by atoms with Gasteiger partial charge < -0.3 is 14.2 Å². The second kappa shape index (κ2) is 62.6. The zero-order chi connectivity index (χ0) is 53.6. The highest BCUT2D eigenvalue weighted by atomic mass is 16.6. The molecular weight excluding hydrogens is 913 g/mol. The van der Waals surface area contributed by atoms with Gasteiger partial charge in [-0.25, -0.2) is 0 Å². The van der Waals surface area contributed by atoms with Gasteiger partial charge in [-0.1, -0.05) is 293 Å². The lowest BCUT2D eigenvalue weighted by Crippen LogP contribution is -2.30. The predicted octanol–water partition coefficient (Wildman–Crippen LogP) is 21.9. The third-order valence-electron chi connectivity index (χ3n) is 14.3. The zero-order valence-corrected chi connectivity index (χ0v) is 49.4. The fourth-order valence-electron chi connectivity index (χ4n) is 9.43. The van der Waals surface area contributed by atoms with E-state index in [2.05, 4.69) is 81.5 Å². The third-order valence-corrected chi connectivity index (χ3v) is 14.3. The van der Waals surface area contributed by atoms with E-state index in [1.54, 1.807) is 0 Å². The fourth-order valence-corrected chi connectivity index (χ4v) is 9.43. The van der Waals surface area contributed by atoms with Gasteiger partial charge in [0.05, 0.1) is 0 Å². The summed E-state index contributed by atoms with van der Waals surface area (Å²) in [6, 6.07) is 0. The van der Waals surface area contributed by atoms with Crippen LogP contribution in [0.25, 0.3) is 0 Å². The Bertz CT molecular complexity index is 1330. The zero-order valence-electron chi connectivity index (χ0n) is 49.4. The van der Waals surface area contributed by atoms with Crippen molar-refractivity contribution in [3.63, 3.8) is 0 Å². The van der Waals surface area contributed by atoms with Gasteiger partial charge in [0, 0.05) is 19.3 Å². The minimum absolute atomic E-state index is 0.0827. The maximum atomic E-state index is 12.9. The predicted molar refractivity (Wildman–Crippen MR) is 321 cm³/mol. The van der Waals surface area contributed by atoms with Crippen molar-refractivity contribution in [3.05, 3.63) is 60.8 Å². The monoisotopic (exact) mass is 1030 g/mol. The summed E-state index contributed by atoms with van der Waals surface area (Å²) >= 11 is 0. The number of rotatable bonds is 59. The van der Waals surface area contributed by atoms with Crippen LogP contribution in [0.4, 0.5) is 0 Å². The van der Waals surface area contributed by atoms with Gasteiger partial charge in [-0.05, 0) is 83.5 Å². The summed E-state index contributed by atoms with van der Waals surface area (Å²) in [7, 11) is 0. The molecule has 0 saturated carbocycles. The molecule has 6 heteroatoms. The van der Waals surface area contributed by atoms with E-state index in [1.165, 1.54) is 173 Å². The van der Waals surface area contributed by atoms with E-state index in [1.807, 2.05) is 0 Å². The van der Waals surface area contributed by atoms with Gasteiger partial charge in [-0.2, -0.15) is 0 Å². The van der Waals surface area contributed by atoms with Crippen LogP contribution >= 0.6 is 0 Å². The molecule has 1 unspecified atom stereocenters. The maximum Gasteiger partial charge on any atom is 0.306 e. The van der Waals surface area contributed by atoms with Crippen LogP contribution in [0.1, 0.15) is 335 Å². The summed E-state index contributed by atoms with van der Waals surface area (Å²) in [4.78, 5) is 38.3. The molecule has 0 aromatic heterocycles. The first-order valence-corrected chi connectivity index (χ1v) is 32.3. The summed E-state index contributed by atoms with van der Waals surface area (Å²) in [6.45, 7) is 6.53. The molecule has 0 bridgehead atoms. The van der Waals surface area contributed by atoms with E-state index < -0.39 is 6.10 Å². The largest absolute Gasteiger partial charge is 0.462 e. The van der Waals surface area contributed by atoms with Crippen molar-refractivity contribution in [2.45, 2.75) is 341 Å². The van der Waals surface area contributed by atoms with Crippen LogP contribution in [0.5, 0.6) is 0 Å². The molecule has 0 radical (unpaired) electrons. The van der Waals surface area contributed by atoms with Crippen LogP contribution in [0.2, 0.25) is 0 Å². The van der Waals surface area contributed by atoms with Gasteiger partial charge in [0.15, 0.2) is 6.10 Å². The van der Waals surface area contributed by atoms with Crippen molar-refractivity contribution in [2.24, 2.45) is 0 Å². The molecule has 0 N–H and O–H groups in total. The molecular formula is C68H122O6. The van der Waals surface area contributed by atoms with Crippen molar-refractivity contribution in [2.75, 3.05) is 13.2 Å². The van der Waals surface area contributed by atoms with Crippen LogP contribution in [-0.4, -0.2) is 37.2 Å². The van der Waals surface area contributed by atoms with Crippen LogP contribution in [0.15, 0.2) is 60.8 Å². The van der Waals surface area contributed by atoms with Crippen molar-refractivity contribution >= 4 is 17.9 Å². The number of esters is 3. The minimum Gasteiger partial charge on any atom is -0.462 e. The summed E-state index contributed by atoms with van der Waals surface area (Å²) in [6.07, 6.45) is 79.5. The summed E-state index contributed by atoms with van der Waals surface area (Å²) in [5.74, 6) is -0.897. The first-order chi connectivity index (χ1) is 36.5. The van der Waals surface area contributed by atoms with Gasteiger partial charge in [-0.3, -0.25) is 14.4 Å². The van der Waals surface area contributed by atoms with Crippen molar-refractivity contribution in [1.29, 1.82) is 0 Å². The number of carbonyl (C=O) groups is 3. The number of hydrogen-bond donors (Lipinski definition) is 0. The Morgan fingerprint density at radius 1 is 0.284 bits per heavy atom. The molecule has 0 saturated heterocycles. The molecule has 0 aliphatic carbocycles. The van der Waals surface area contributed by atoms with Gasteiger partial charge in [0.2, 0.25) is 0 Å². The van der Waals surface area contributed by atoms with Crippen LogP contribution in [-0.2, 0) is 28.6 Å². The summed E-state index contributed by atoms with van der Waals surface area (Å²) in [5.41, 5.74) is 0. The average Bonchev–Trinajstić information content (AvgIpc) is 3.40. The highest BCUT2D eigenvalue weighted by Gasteiger charge is 2.19. The highest BCUT2D eigenvalue weighted by Crippen LogP contribution is 2.17. The molecule has 0 aliphatic rings. The molecule has 0 spiro atoms. The van der Waals surface area contributed by atoms with E-state index in [-0.39, 0.29) is 31.1 Å². The Labute approximate surface area is 460 Å². The van der Waals surface area contributed by atoms with Gasteiger partial charge in [0.1, 0.15) is 13.2 Å². The topological polar surface area (TPSA) is 78.9 Å². The lowest BCUT2D eigenvalue weighted by Gasteiger charge is -2.18. The van der Waals surface area contributed by atoms with Crippen LogP contribution in [0, 0.1) is 0 Å². The summed E-state index contributed by atoms with van der Waals surface area (Å²) in [5, 5.41) is 0. The van der Waals surface area contributed by atoms with E-state index in [0.29, 0.717) is 19.3 Å². The van der Waals surface area contributed by atoms with Crippen molar-refractivity contribution < 1.29 is 28.6 Å². The van der Waals surface area contributed by atoms with Gasteiger partial charge in [-0.15, -0.1) is 0 Å². The van der Waals surface area contributed by atoms with Gasteiger partial charge in [0.25, 0.3) is 0 Å². The Morgan fingerprint density at radius 2 is 0.527 bits per heavy atom. The average molecular weight is 1040 g/mol. The Kier molecular flexibility index (Phi) is 60.2. The SMILES string of the molecule is CC/C=C\C/C=C\C/C=C\CCCCCCCC(=O)OCC(COC(=O)CCCCCCCCCCCCCCCCCCCCCCCCCCC)OC(=O)CCCCCCC/C=C\C/C=C\CCCCCC. The highest BCUT2D eigenvalue weighted by molar-refractivity contribution is 5.71. The second-order valence-corrected chi connectivity index (χ2v) is 21.6. The molecule has 0 heterocycles. The smallest absolute Gasteiger partial charge is 0.306 e. The number of hydrogen-bond acceptors (Lipinski definition) is 6. The Hall–Kier alpha value is -2.89. The molecule has 0 rings (SSSR count). The molecule has 74 heavy (non-hydrogen) atoms. The molecule has 6 nitrogen and oxygen atoms in total. The molecule has 0 aromatic carbocycles. The molecule has 430 valence electrons. The van der Waals surface area contributed by atoms with Crippen molar-refractivity contribution in [1.82, 2.24) is 0 Å². The Morgan fingerprint density at radius 3 is 0.838 bits per heavy atom. The minimum atomic E-state index is -0.788. The summed E-state index contributed by atoms with van der Waals surface area (Å²) < 4.78 is 16.9. The standard InChI is InChI=1S/C68H122O6/c1-4-7-10-13-16-19-22-25-28-30-31-32-33-34-35-36-37-38-41-43-46-49-52-55-58-61-67(70)73-64-65(63-72-66(69)60-57-54-51-48-45-42-39-27-24-21-18-15-12-9-6-3)74-68(71)62-59-56-53-50-47-44-40-29-26-23-20-17-14-11-8-5-2/h9,12,18,20-21,23,27,29,39-40,65H,4-8,10-11,13-17,19,22,24-26,28,30-38,41-64H2,1-3H3/b12-9-,21-18-,23-20-,39-27-,40-29-. The van der Waals surface area contributed by atoms with E-state index >= 15 is 0 Å². The molecule has 0 aliphatic heterocycles. The maximum absolute atomic E-state index is 12.9.